The second kappa shape index (κ2) is 15.0. The Morgan fingerprint density at radius 3 is 2.32 bits per heavy atom. The van der Waals surface area contributed by atoms with E-state index < -0.39 is 6.10 Å². The van der Waals surface area contributed by atoms with Crippen molar-refractivity contribution in [2.24, 2.45) is 0 Å². The third kappa shape index (κ3) is 9.83. The first-order valence-corrected chi connectivity index (χ1v) is 11.6. The molecule has 5 nitrogen and oxygen atoms in total. The molecule has 0 amide bonds. The molecule has 0 aliphatic carbocycles. The van der Waals surface area contributed by atoms with Crippen LogP contribution < -0.4 is 5.32 Å². The fourth-order valence-electron chi connectivity index (χ4n) is 3.61. The SMILES string of the molecule is CC(NCCCCCCOCCCCc1ccccc1)C(O)c1cc(CO)ccc1O. The van der Waals surface area contributed by atoms with Gasteiger partial charge in [0.2, 0.25) is 0 Å². The summed E-state index contributed by atoms with van der Waals surface area (Å²) < 4.78 is 5.74. The van der Waals surface area contributed by atoms with Crippen LogP contribution in [0.4, 0.5) is 0 Å². The molecule has 0 heterocycles. The Hall–Kier alpha value is -1.92. The van der Waals surface area contributed by atoms with Crippen LogP contribution in [0.1, 0.15) is 68.2 Å². The van der Waals surface area contributed by atoms with Gasteiger partial charge in [0.15, 0.2) is 0 Å². The Morgan fingerprint density at radius 2 is 1.58 bits per heavy atom. The molecule has 0 spiro atoms. The summed E-state index contributed by atoms with van der Waals surface area (Å²) in [6.45, 7) is 4.28. The minimum absolute atomic E-state index is 0.0541. The minimum atomic E-state index is -0.818. The minimum Gasteiger partial charge on any atom is -0.508 e. The monoisotopic (exact) mass is 429 g/mol. The molecule has 31 heavy (non-hydrogen) atoms. The number of aromatic hydroxyl groups is 1. The van der Waals surface area contributed by atoms with Crippen LogP contribution in [0.15, 0.2) is 48.5 Å². The fourth-order valence-corrected chi connectivity index (χ4v) is 3.61. The van der Waals surface area contributed by atoms with Crippen LogP contribution in [0, 0.1) is 0 Å². The number of benzene rings is 2. The molecule has 0 aliphatic rings. The molecule has 2 aromatic rings. The van der Waals surface area contributed by atoms with Gasteiger partial charge in [-0.25, -0.2) is 0 Å². The molecule has 0 bridgehead atoms. The molecule has 172 valence electrons. The number of aryl methyl sites for hydroxylation is 1. The number of hydrogen-bond donors (Lipinski definition) is 4. The number of unbranched alkanes of at least 4 members (excludes halogenated alkanes) is 4. The second-order valence-electron chi connectivity index (χ2n) is 8.21. The lowest BCUT2D eigenvalue weighted by Gasteiger charge is -2.22. The Balaban J connectivity index is 1.45. The molecule has 0 aliphatic heterocycles. The lowest BCUT2D eigenvalue weighted by molar-refractivity contribution is 0.125. The molecule has 0 fully saturated rings. The van der Waals surface area contributed by atoms with Gasteiger partial charge >= 0.3 is 0 Å². The first-order chi connectivity index (χ1) is 15.1. The smallest absolute Gasteiger partial charge is 0.121 e. The number of phenolic OH excluding ortho intramolecular Hbond substituents is 1. The van der Waals surface area contributed by atoms with Gasteiger partial charge in [-0.3, -0.25) is 0 Å². The molecular formula is C26H39NO4. The van der Waals surface area contributed by atoms with Gasteiger partial charge in [-0.05, 0) is 68.8 Å². The number of aliphatic hydroxyl groups is 2. The lowest BCUT2D eigenvalue weighted by atomic mass is 10.00. The topological polar surface area (TPSA) is 82.0 Å². The molecule has 0 saturated carbocycles. The maximum Gasteiger partial charge on any atom is 0.121 e. The number of nitrogens with one attached hydrogen (secondary N) is 1. The predicted molar refractivity (Wildman–Crippen MR) is 125 cm³/mol. The molecule has 0 aromatic heterocycles. The van der Waals surface area contributed by atoms with Gasteiger partial charge in [-0.2, -0.15) is 0 Å². The van der Waals surface area contributed by atoms with Crippen molar-refractivity contribution < 1.29 is 20.1 Å². The summed E-state index contributed by atoms with van der Waals surface area (Å²) in [7, 11) is 0. The highest BCUT2D eigenvalue weighted by atomic mass is 16.5. The third-order valence-electron chi connectivity index (χ3n) is 5.60. The van der Waals surface area contributed by atoms with E-state index in [1.54, 1.807) is 12.1 Å². The normalized spacial score (nSPS) is 13.3. The van der Waals surface area contributed by atoms with E-state index in [-0.39, 0.29) is 18.4 Å². The average Bonchev–Trinajstić information content (AvgIpc) is 2.80. The summed E-state index contributed by atoms with van der Waals surface area (Å²) in [6.07, 6.45) is 6.96. The molecule has 0 radical (unpaired) electrons. The van der Waals surface area contributed by atoms with Crippen molar-refractivity contribution in [3.05, 3.63) is 65.2 Å². The van der Waals surface area contributed by atoms with Gasteiger partial charge in [-0.1, -0.05) is 49.2 Å². The van der Waals surface area contributed by atoms with E-state index in [4.69, 9.17) is 4.74 Å². The van der Waals surface area contributed by atoms with E-state index in [1.807, 2.05) is 6.92 Å². The summed E-state index contributed by atoms with van der Waals surface area (Å²) >= 11 is 0. The van der Waals surface area contributed by atoms with E-state index in [2.05, 4.69) is 35.6 Å². The Kier molecular flexibility index (Phi) is 12.2. The number of phenols is 1. The standard InChI is InChI=1S/C26H39NO4/c1-21(26(30)24-19-23(20-28)14-15-25(24)29)27-16-8-2-3-9-17-31-18-10-7-13-22-11-5-4-6-12-22/h4-6,11-12,14-15,19,21,26-30H,2-3,7-10,13,16-18,20H2,1H3. The average molecular weight is 430 g/mol. The van der Waals surface area contributed by atoms with Crippen molar-refractivity contribution in [1.82, 2.24) is 5.32 Å². The maximum atomic E-state index is 10.5. The molecule has 2 rings (SSSR count). The van der Waals surface area contributed by atoms with Crippen molar-refractivity contribution in [3.63, 3.8) is 0 Å². The molecule has 2 unspecified atom stereocenters. The Bertz CT molecular complexity index is 723. The van der Waals surface area contributed by atoms with Gasteiger partial charge in [-0.15, -0.1) is 0 Å². The van der Waals surface area contributed by atoms with E-state index >= 15 is 0 Å². The van der Waals surface area contributed by atoms with Crippen LogP contribution >= 0.6 is 0 Å². The van der Waals surface area contributed by atoms with Crippen molar-refractivity contribution >= 4 is 0 Å². The predicted octanol–water partition coefficient (Wildman–Crippen LogP) is 4.50. The van der Waals surface area contributed by atoms with Crippen molar-refractivity contribution in [3.8, 4) is 5.75 Å². The highest BCUT2D eigenvalue weighted by Crippen LogP contribution is 2.27. The van der Waals surface area contributed by atoms with E-state index in [0.717, 1.165) is 58.3 Å². The highest BCUT2D eigenvalue weighted by Gasteiger charge is 2.19. The van der Waals surface area contributed by atoms with Gasteiger partial charge in [0.25, 0.3) is 0 Å². The molecule has 2 atom stereocenters. The number of hydrogen-bond acceptors (Lipinski definition) is 5. The molecule has 4 N–H and O–H groups in total. The lowest BCUT2D eigenvalue weighted by Crippen LogP contribution is -2.33. The Morgan fingerprint density at radius 1 is 0.871 bits per heavy atom. The molecule has 2 aromatic carbocycles. The third-order valence-corrected chi connectivity index (χ3v) is 5.60. The molecule has 5 heteroatoms. The van der Waals surface area contributed by atoms with Crippen LogP contribution in [0.3, 0.4) is 0 Å². The van der Waals surface area contributed by atoms with Crippen LogP contribution in [-0.4, -0.2) is 41.1 Å². The summed E-state index contributed by atoms with van der Waals surface area (Å²) in [4.78, 5) is 0. The van der Waals surface area contributed by atoms with Gasteiger partial charge in [0, 0.05) is 24.8 Å². The van der Waals surface area contributed by atoms with Crippen molar-refractivity contribution in [1.29, 1.82) is 0 Å². The van der Waals surface area contributed by atoms with E-state index in [1.165, 1.54) is 18.1 Å². The second-order valence-corrected chi connectivity index (χ2v) is 8.21. The maximum absolute atomic E-state index is 10.5. The molecular weight excluding hydrogens is 390 g/mol. The summed E-state index contributed by atoms with van der Waals surface area (Å²) in [5.74, 6) is 0.0541. The largest absolute Gasteiger partial charge is 0.508 e. The zero-order chi connectivity index (χ0) is 22.3. The van der Waals surface area contributed by atoms with Gasteiger partial charge in [0.05, 0.1) is 12.7 Å². The number of rotatable bonds is 16. The van der Waals surface area contributed by atoms with Crippen molar-refractivity contribution in [2.75, 3.05) is 19.8 Å². The fraction of sp³-hybridized carbons (Fsp3) is 0.538. The quantitative estimate of drug-likeness (QED) is 0.296. The Labute approximate surface area is 187 Å². The number of aliphatic hydroxyl groups excluding tert-OH is 2. The van der Waals surface area contributed by atoms with Gasteiger partial charge in [0.1, 0.15) is 5.75 Å². The summed E-state index contributed by atoms with van der Waals surface area (Å²) in [5.41, 5.74) is 2.53. The van der Waals surface area contributed by atoms with Crippen LogP contribution in [0.5, 0.6) is 5.75 Å². The van der Waals surface area contributed by atoms with Gasteiger partial charge < -0.3 is 25.4 Å². The highest BCUT2D eigenvalue weighted by molar-refractivity contribution is 5.38. The van der Waals surface area contributed by atoms with Crippen LogP contribution in [0.25, 0.3) is 0 Å². The first kappa shape index (κ1) is 25.3. The number of ether oxygens (including phenoxy) is 1. The van der Waals surface area contributed by atoms with Crippen LogP contribution in [-0.2, 0) is 17.8 Å². The zero-order valence-electron chi connectivity index (χ0n) is 18.8. The van der Waals surface area contributed by atoms with Crippen molar-refractivity contribution in [2.45, 2.75) is 70.6 Å². The first-order valence-electron chi connectivity index (χ1n) is 11.6. The van der Waals surface area contributed by atoms with E-state index in [0.29, 0.717) is 11.1 Å². The summed E-state index contributed by atoms with van der Waals surface area (Å²) in [5, 5.41) is 33.1. The zero-order valence-corrected chi connectivity index (χ0v) is 18.8. The molecule has 0 saturated heterocycles. The summed E-state index contributed by atoms with van der Waals surface area (Å²) in [6, 6.07) is 15.2. The van der Waals surface area contributed by atoms with Crippen LogP contribution in [0.2, 0.25) is 0 Å². The van der Waals surface area contributed by atoms with E-state index in [9.17, 15) is 15.3 Å².